The van der Waals surface area contributed by atoms with Crippen molar-refractivity contribution in [3.8, 4) is 0 Å². The zero-order valence-corrected chi connectivity index (χ0v) is 18.9. The average molecular weight is 498 g/mol. The van der Waals surface area contributed by atoms with Gasteiger partial charge in [-0.1, -0.05) is 18.2 Å². The highest BCUT2D eigenvalue weighted by Crippen LogP contribution is 2.21. The lowest BCUT2D eigenvalue weighted by Crippen LogP contribution is -2.53. The first-order chi connectivity index (χ1) is 13.3. The van der Waals surface area contributed by atoms with E-state index in [0.717, 1.165) is 64.6 Å². The highest BCUT2D eigenvalue weighted by molar-refractivity contribution is 14.0. The lowest BCUT2D eigenvalue weighted by molar-refractivity contribution is -0.0817. The molecule has 1 aromatic carbocycles. The highest BCUT2D eigenvalue weighted by Gasteiger charge is 2.32. The maximum absolute atomic E-state index is 5.98. The van der Waals surface area contributed by atoms with Gasteiger partial charge in [-0.15, -0.1) is 24.0 Å². The van der Waals surface area contributed by atoms with E-state index >= 15 is 0 Å². The molecule has 0 aliphatic carbocycles. The van der Waals surface area contributed by atoms with E-state index in [-0.39, 0.29) is 36.2 Å². The van der Waals surface area contributed by atoms with Gasteiger partial charge in [0.1, 0.15) is 6.10 Å². The first kappa shape index (κ1) is 21.4. The van der Waals surface area contributed by atoms with E-state index in [2.05, 4.69) is 52.6 Å². The molecular weight excluding hydrogens is 467 g/mol. The molecule has 0 radical (unpaired) electrons. The molecule has 2 N–H and O–H groups in total. The maximum Gasteiger partial charge on any atom is 0.194 e. The van der Waals surface area contributed by atoms with Gasteiger partial charge >= 0.3 is 0 Å². The van der Waals surface area contributed by atoms with Gasteiger partial charge in [0.05, 0.1) is 12.7 Å². The van der Waals surface area contributed by atoms with E-state index in [1.807, 2.05) is 0 Å². The Labute approximate surface area is 184 Å². The van der Waals surface area contributed by atoms with Crippen LogP contribution in [0.3, 0.4) is 0 Å². The fourth-order valence-corrected chi connectivity index (χ4v) is 4.04. The molecule has 28 heavy (non-hydrogen) atoms. The molecule has 0 saturated carbocycles. The minimum Gasteiger partial charge on any atom is -0.375 e. The van der Waals surface area contributed by atoms with E-state index in [0.29, 0.717) is 0 Å². The molecule has 4 rings (SSSR count). The Balaban J connectivity index is 0.00000225. The average Bonchev–Trinajstić information content (AvgIpc) is 3.38. The Kier molecular flexibility index (Phi) is 7.99. The van der Waals surface area contributed by atoms with Crippen molar-refractivity contribution in [2.45, 2.75) is 38.4 Å². The monoisotopic (exact) mass is 498 g/mol. The Morgan fingerprint density at radius 3 is 2.93 bits per heavy atom. The molecule has 2 aliphatic rings. The van der Waals surface area contributed by atoms with E-state index in [1.165, 1.54) is 16.5 Å². The van der Waals surface area contributed by atoms with Gasteiger partial charge < -0.3 is 24.7 Å². The summed E-state index contributed by atoms with van der Waals surface area (Å²) in [6.07, 6.45) is 5.67. The molecule has 0 amide bonds. The van der Waals surface area contributed by atoms with Crippen LogP contribution in [0, 0.1) is 0 Å². The molecule has 2 saturated heterocycles. The summed E-state index contributed by atoms with van der Waals surface area (Å²) >= 11 is 0. The standard InChI is InChI=1S/C21H30N4O2.HI/c1-2-22-21(25-11-13-27-20(15-25)19-8-5-12-26-19)23-10-9-16-14-24-18-7-4-3-6-17(16)18;/h3-4,6-7,14,19-20,24H,2,5,8-13,15H2,1H3,(H,22,23);1H. The second kappa shape index (κ2) is 10.5. The Morgan fingerprint density at radius 2 is 2.11 bits per heavy atom. The second-order valence-corrected chi connectivity index (χ2v) is 7.25. The van der Waals surface area contributed by atoms with Crippen LogP contribution in [0.25, 0.3) is 10.9 Å². The van der Waals surface area contributed by atoms with Crippen molar-refractivity contribution in [2.75, 3.05) is 39.4 Å². The quantitative estimate of drug-likeness (QED) is 0.378. The smallest absolute Gasteiger partial charge is 0.194 e. The topological polar surface area (TPSA) is 61.9 Å². The van der Waals surface area contributed by atoms with Crippen LogP contribution < -0.4 is 5.32 Å². The largest absolute Gasteiger partial charge is 0.375 e. The minimum atomic E-state index is 0. The van der Waals surface area contributed by atoms with Gasteiger partial charge in [0, 0.05) is 49.9 Å². The number of fused-ring (bicyclic) bond motifs is 1. The Bertz CT molecular complexity index is 773. The third-order valence-corrected chi connectivity index (χ3v) is 5.43. The number of aromatic nitrogens is 1. The number of H-pyrrole nitrogens is 1. The first-order valence-corrected chi connectivity index (χ1v) is 10.2. The molecule has 1 aromatic heterocycles. The van der Waals surface area contributed by atoms with Crippen LogP contribution in [0.1, 0.15) is 25.3 Å². The molecular formula is C21H31IN4O2. The van der Waals surface area contributed by atoms with Crippen LogP contribution in [0.5, 0.6) is 0 Å². The third-order valence-electron chi connectivity index (χ3n) is 5.43. The van der Waals surface area contributed by atoms with Crippen LogP contribution in [0.15, 0.2) is 35.5 Å². The summed E-state index contributed by atoms with van der Waals surface area (Å²) in [4.78, 5) is 10.6. The summed E-state index contributed by atoms with van der Waals surface area (Å²) in [6, 6.07) is 8.44. The van der Waals surface area contributed by atoms with Crippen LogP contribution in [-0.4, -0.2) is 67.4 Å². The number of para-hydroxylation sites is 1. The molecule has 2 fully saturated rings. The summed E-state index contributed by atoms with van der Waals surface area (Å²) < 4.78 is 11.8. The Morgan fingerprint density at radius 1 is 1.25 bits per heavy atom. The van der Waals surface area contributed by atoms with Crippen LogP contribution >= 0.6 is 24.0 Å². The van der Waals surface area contributed by atoms with E-state index in [1.54, 1.807) is 0 Å². The van der Waals surface area contributed by atoms with Gasteiger partial charge in [0.25, 0.3) is 0 Å². The van der Waals surface area contributed by atoms with Crippen LogP contribution in [0.4, 0.5) is 0 Å². The van der Waals surface area contributed by atoms with Crippen molar-refractivity contribution in [3.05, 3.63) is 36.0 Å². The number of halogens is 1. The first-order valence-electron chi connectivity index (χ1n) is 10.2. The minimum absolute atomic E-state index is 0. The van der Waals surface area contributed by atoms with Crippen LogP contribution in [-0.2, 0) is 15.9 Å². The number of benzene rings is 1. The van der Waals surface area contributed by atoms with Crippen molar-refractivity contribution in [1.29, 1.82) is 0 Å². The predicted octanol–water partition coefficient (Wildman–Crippen LogP) is 3.17. The van der Waals surface area contributed by atoms with Crippen molar-refractivity contribution in [1.82, 2.24) is 15.2 Å². The number of ether oxygens (including phenoxy) is 2. The zero-order chi connectivity index (χ0) is 18.5. The second-order valence-electron chi connectivity index (χ2n) is 7.25. The van der Waals surface area contributed by atoms with Gasteiger partial charge in [0.2, 0.25) is 0 Å². The van der Waals surface area contributed by atoms with E-state index in [9.17, 15) is 0 Å². The number of morpholine rings is 1. The van der Waals surface area contributed by atoms with Crippen molar-refractivity contribution < 1.29 is 9.47 Å². The van der Waals surface area contributed by atoms with Gasteiger partial charge in [0.15, 0.2) is 5.96 Å². The van der Waals surface area contributed by atoms with Gasteiger partial charge in [-0.3, -0.25) is 4.99 Å². The summed E-state index contributed by atoms with van der Waals surface area (Å²) in [6.45, 7) is 7.08. The summed E-state index contributed by atoms with van der Waals surface area (Å²) in [5.41, 5.74) is 2.51. The normalized spacial score (nSPS) is 23.0. The van der Waals surface area contributed by atoms with Crippen molar-refractivity contribution >= 4 is 40.8 Å². The summed E-state index contributed by atoms with van der Waals surface area (Å²) in [5.74, 6) is 0.989. The van der Waals surface area contributed by atoms with Crippen LogP contribution in [0.2, 0.25) is 0 Å². The number of rotatable bonds is 5. The third kappa shape index (κ3) is 4.99. The number of nitrogens with one attached hydrogen (secondary N) is 2. The molecule has 7 heteroatoms. The number of aliphatic imine (C=N–C) groups is 1. The molecule has 0 spiro atoms. The SMILES string of the molecule is CCNC(=NCCc1c[nH]c2ccccc12)N1CCOC(C2CCCO2)C1.I. The fourth-order valence-electron chi connectivity index (χ4n) is 4.04. The van der Waals surface area contributed by atoms with Gasteiger partial charge in [-0.2, -0.15) is 0 Å². The number of hydrogen-bond acceptors (Lipinski definition) is 3. The van der Waals surface area contributed by atoms with Gasteiger partial charge in [-0.05, 0) is 37.8 Å². The van der Waals surface area contributed by atoms with Gasteiger partial charge in [-0.25, -0.2) is 0 Å². The molecule has 2 atom stereocenters. The molecule has 0 bridgehead atoms. The zero-order valence-electron chi connectivity index (χ0n) is 16.5. The summed E-state index contributed by atoms with van der Waals surface area (Å²) in [5, 5.41) is 4.75. The number of nitrogens with zero attached hydrogens (tertiary/aromatic N) is 2. The van der Waals surface area contributed by atoms with Crippen molar-refractivity contribution in [2.24, 2.45) is 4.99 Å². The maximum atomic E-state index is 5.98. The number of hydrogen-bond donors (Lipinski definition) is 2. The molecule has 2 aromatic rings. The predicted molar refractivity (Wildman–Crippen MR) is 124 cm³/mol. The highest BCUT2D eigenvalue weighted by atomic mass is 127. The molecule has 3 heterocycles. The number of aromatic amines is 1. The molecule has 2 aliphatic heterocycles. The molecule has 154 valence electrons. The van der Waals surface area contributed by atoms with E-state index < -0.39 is 0 Å². The summed E-state index contributed by atoms with van der Waals surface area (Å²) in [7, 11) is 0. The van der Waals surface area contributed by atoms with Crippen molar-refractivity contribution in [3.63, 3.8) is 0 Å². The fraction of sp³-hybridized carbons (Fsp3) is 0.571. The molecule has 2 unspecified atom stereocenters. The van der Waals surface area contributed by atoms with E-state index in [4.69, 9.17) is 14.5 Å². The lowest BCUT2D eigenvalue weighted by atomic mass is 10.1. The number of guanidine groups is 1. The Hall–Kier alpha value is -1.32. The molecule has 6 nitrogen and oxygen atoms in total. The lowest BCUT2D eigenvalue weighted by Gasteiger charge is -2.37.